The highest BCUT2D eigenvalue weighted by molar-refractivity contribution is 9.10. The molecular weight excluding hydrogens is 242 g/mol. The lowest BCUT2D eigenvalue weighted by Gasteiger charge is -2.03. The third-order valence-electron chi connectivity index (χ3n) is 1.16. The van der Waals surface area contributed by atoms with Gasteiger partial charge in [-0.15, -0.1) is 0 Å². The Kier molecular flexibility index (Phi) is 5.29. The predicted octanol–water partition coefficient (Wildman–Crippen LogP) is 0.732. The van der Waals surface area contributed by atoms with Crippen molar-refractivity contribution in [2.24, 2.45) is 5.16 Å². The number of ether oxygens (including phenoxy) is 1. The largest absolute Gasteiger partial charge is 0.461 e. The standard InChI is InChI=1S/C7H10BrNO4/c1-3-13-7(11)5(9-12)6(10)4(2)8/h4,12H,3H2,1-2H3/b9-5-. The molecule has 5 nitrogen and oxygen atoms in total. The number of carbonyl (C=O) groups excluding carboxylic acids is 2. The van der Waals surface area contributed by atoms with E-state index in [1.165, 1.54) is 6.92 Å². The van der Waals surface area contributed by atoms with E-state index in [4.69, 9.17) is 5.21 Å². The molecule has 0 fully saturated rings. The molecule has 0 saturated carbocycles. The molecule has 0 aliphatic heterocycles. The zero-order valence-corrected chi connectivity index (χ0v) is 8.87. The van der Waals surface area contributed by atoms with Gasteiger partial charge in [0.25, 0.3) is 0 Å². The molecule has 0 radical (unpaired) electrons. The fourth-order valence-electron chi connectivity index (χ4n) is 0.579. The minimum absolute atomic E-state index is 0.127. The van der Waals surface area contributed by atoms with Gasteiger partial charge in [0.05, 0.1) is 11.4 Å². The van der Waals surface area contributed by atoms with E-state index in [0.717, 1.165) is 0 Å². The lowest BCUT2D eigenvalue weighted by Crippen LogP contribution is -2.30. The summed E-state index contributed by atoms with van der Waals surface area (Å²) in [5.41, 5.74) is -0.591. The first-order valence-corrected chi connectivity index (χ1v) is 4.53. The maximum Gasteiger partial charge on any atom is 0.364 e. The number of hydrogen-bond donors (Lipinski definition) is 1. The maximum atomic E-state index is 11.2. The van der Waals surface area contributed by atoms with Crippen molar-refractivity contribution in [3.05, 3.63) is 0 Å². The SMILES string of the molecule is CCOC(=O)/C(=N\O)C(=O)C(C)Br. The second-order valence-electron chi connectivity index (χ2n) is 2.15. The molecule has 0 aliphatic carbocycles. The molecule has 6 heteroatoms. The lowest BCUT2D eigenvalue weighted by molar-refractivity contribution is -0.135. The summed E-state index contributed by atoms with van der Waals surface area (Å²) in [5, 5.41) is 11.0. The van der Waals surface area contributed by atoms with Crippen molar-refractivity contribution in [1.29, 1.82) is 0 Å². The zero-order chi connectivity index (χ0) is 10.4. The van der Waals surface area contributed by atoms with Gasteiger partial charge in [0, 0.05) is 0 Å². The lowest BCUT2D eigenvalue weighted by atomic mass is 10.2. The molecule has 0 bridgehead atoms. The summed E-state index contributed by atoms with van der Waals surface area (Å²) < 4.78 is 4.49. The fourth-order valence-corrected chi connectivity index (χ4v) is 0.795. The average Bonchev–Trinajstić information content (AvgIpc) is 2.05. The third-order valence-corrected chi connectivity index (χ3v) is 1.58. The molecule has 0 aliphatic rings. The van der Waals surface area contributed by atoms with Crippen LogP contribution in [0.4, 0.5) is 0 Å². The summed E-state index contributed by atoms with van der Waals surface area (Å²) >= 11 is 2.95. The molecule has 0 amide bonds. The summed E-state index contributed by atoms with van der Waals surface area (Å²) in [6, 6.07) is 0. The summed E-state index contributed by atoms with van der Waals surface area (Å²) in [7, 11) is 0. The van der Waals surface area contributed by atoms with E-state index < -0.39 is 22.3 Å². The first kappa shape index (κ1) is 12.1. The van der Waals surface area contributed by atoms with Crippen LogP contribution in [0.25, 0.3) is 0 Å². The number of ketones is 1. The number of alkyl halides is 1. The summed E-state index contributed by atoms with van der Waals surface area (Å²) in [6.07, 6.45) is 0. The molecule has 13 heavy (non-hydrogen) atoms. The molecule has 74 valence electrons. The van der Waals surface area contributed by atoms with E-state index in [-0.39, 0.29) is 6.61 Å². The number of halogens is 1. The fraction of sp³-hybridized carbons (Fsp3) is 0.571. The number of oxime groups is 1. The van der Waals surface area contributed by atoms with E-state index in [1.807, 2.05) is 0 Å². The van der Waals surface area contributed by atoms with Gasteiger partial charge in [-0.3, -0.25) is 4.79 Å². The minimum atomic E-state index is -0.915. The molecule has 0 heterocycles. The molecule has 0 saturated heterocycles. The van der Waals surface area contributed by atoms with Crippen molar-refractivity contribution in [1.82, 2.24) is 0 Å². The molecule has 0 aromatic carbocycles. The molecular formula is C7H10BrNO4. The number of esters is 1. The van der Waals surface area contributed by atoms with Gasteiger partial charge in [0.15, 0.2) is 0 Å². The smallest absolute Gasteiger partial charge is 0.364 e. The van der Waals surface area contributed by atoms with Crippen molar-refractivity contribution < 1.29 is 19.5 Å². The van der Waals surface area contributed by atoms with Crippen molar-refractivity contribution in [2.75, 3.05) is 6.61 Å². The quantitative estimate of drug-likeness (QED) is 0.200. The minimum Gasteiger partial charge on any atom is -0.461 e. The molecule has 1 N–H and O–H groups in total. The second kappa shape index (κ2) is 5.69. The highest BCUT2D eigenvalue weighted by Gasteiger charge is 2.25. The Labute approximate surface area is 83.9 Å². The highest BCUT2D eigenvalue weighted by Crippen LogP contribution is 2.01. The van der Waals surface area contributed by atoms with Crippen LogP contribution in [0.15, 0.2) is 5.16 Å². The van der Waals surface area contributed by atoms with Crippen molar-refractivity contribution in [3.63, 3.8) is 0 Å². The van der Waals surface area contributed by atoms with Gasteiger partial charge in [-0.25, -0.2) is 4.79 Å². The second-order valence-corrected chi connectivity index (χ2v) is 3.52. The molecule has 0 aromatic rings. The van der Waals surface area contributed by atoms with Gasteiger partial charge in [-0.1, -0.05) is 21.1 Å². The molecule has 0 spiro atoms. The number of nitrogens with zero attached hydrogens (tertiary/aromatic N) is 1. The Morgan fingerprint density at radius 3 is 2.46 bits per heavy atom. The van der Waals surface area contributed by atoms with Crippen LogP contribution in [0.5, 0.6) is 0 Å². The highest BCUT2D eigenvalue weighted by atomic mass is 79.9. The summed E-state index contributed by atoms with van der Waals surface area (Å²) in [4.78, 5) is 21.5. The summed E-state index contributed by atoms with van der Waals surface area (Å²) in [5.74, 6) is -1.53. The van der Waals surface area contributed by atoms with Crippen molar-refractivity contribution in [2.45, 2.75) is 18.7 Å². The number of Topliss-reactive ketones (excluding diaryl/α,β-unsaturated/α-hetero) is 1. The van der Waals surface area contributed by atoms with Crippen molar-refractivity contribution >= 4 is 33.4 Å². The van der Waals surface area contributed by atoms with Crippen LogP contribution in [-0.4, -0.2) is 34.1 Å². The van der Waals surface area contributed by atoms with Crippen molar-refractivity contribution in [3.8, 4) is 0 Å². The van der Waals surface area contributed by atoms with Gasteiger partial charge >= 0.3 is 5.97 Å². The normalized spacial score (nSPS) is 13.6. The Hall–Kier alpha value is -0.910. The molecule has 0 rings (SSSR count). The topological polar surface area (TPSA) is 76.0 Å². The van der Waals surface area contributed by atoms with Crippen LogP contribution in [0.1, 0.15) is 13.8 Å². The van der Waals surface area contributed by atoms with Crippen LogP contribution in [0.3, 0.4) is 0 Å². The van der Waals surface area contributed by atoms with Crippen LogP contribution in [0, 0.1) is 0 Å². The van der Waals surface area contributed by atoms with Gasteiger partial charge in [-0.2, -0.15) is 0 Å². The molecule has 0 aromatic heterocycles. The molecule has 1 unspecified atom stereocenters. The summed E-state index contributed by atoms with van der Waals surface area (Å²) in [6.45, 7) is 3.24. The third kappa shape index (κ3) is 3.54. The number of rotatable bonds is 4. The number of hydrogen-bond acceptors (Lipinski definition) is 5. The van der Waals surface area contributed by atoms with E-state index in [0.29, 0.717) is 0 Å². The first-order chi connectivity index (χ1) is 6.04. The Morgan fingerprint density at radius 1 is 1.62 bits per heavy atom. The average molecular weight is 252 g/mol. The van der Waals surface area contributed by atoms with Crippen LogP contribution in [0.2, 0.25) is 0 Å². The van der Waals surface area contributed by atoms with Gasteiger partial charge < -0.3 is 9.94 Å². The Morgan fingerprint density at radius 2 is 2.15 bits per heavy atom. The van der Waals surface area contributed by atoms with Gasteiger partial charge in [0.1, 0.15) is 0 Å². The van der Waals surface area contributed by atoms with Gasteiger partial charge in [-0.05, 0) is 13.8 Å². The molecule has 1 atom stereocenters. The Balaban J connectivity index is 4.54. The number of carbonyl (C=O) groups is 2. The van der Waals surface area contributed by atoms with E-state index >= 15 is 0 Å². The van der Waals surface area contributed by atoms with E-state index in [9.17, 15) is 9.59 Å². The van der Waals surface area contributed by atoms with Crippen LogP contribution >= 0.6 is 15.9 Å². The van der Waals surface area contributed by atoms with Crippen LogP contribution < -0.4 is 0 Å². The van der Waals surface area contributed by atoms with Crippen LogP contribution in [-0.2, 0) is 14.3 Å². The van der Waals surface area contributed by atoms with E-state index in [1.54, 1.807) is 6.92 Å². The zero-order valence-electron chi connectivity index (χ0n) is 7.28. The van der Waals surface area contributed by atoms with E-state index in [2.05, 4.69) is 25.8 Å². The maximum absolute atomic E-state index is 11.2. The predicted molar refractivity (Wildman–Crippen MR) is 49.3 cm³/mol. The Bertz CT molecular complexity index is 237. The van der Waals surface area contributed by atoms with Gasteiger partial charge in [0.2, 0.25) is 11.5 Å². The monoisotopic (exact) mass is 251 g/mol. The first-order valence-electron chi connectivity index (χ1n) is 3.62.